The highest BCUT2D eigenvalue weighted by molar-refractivity contribution is 6.05. The molecule has 33 heavy (non-hydrogen) atoms. The lowest BCUT2D eigenvalue weighted by atomic mass is 9.92. The number of nitrogens with one attached hydrogen (secondary N) is 4. The molecule has 0 bridgehead atoms. The van der Waals surface area contributed by atoms with E-state index in [1.807, 2.05) is 6.07 Å². The van der Waals surface area contributed by atoms with E-state index in [-0.39, 0.29) is 40.9 Å². The summed E-state index contributed by atoms with van der Waals surface area (Å²) >= 11 is 0. The summed E-state index contributed by atoms with van der Waals surface area (Å²) in [6.45, 7) is 0. The van der Waals surface area contributed by atoms with E-state index in [2.05, 4.69) is 25.9 Å². The first-order chi connectivity index (χ1) is 15.9. The Hall–Kier alpha value is -4.74. The number of rotatable bonds is 6. The summed E-state index contributed by atoms with van der Waals surface area (Å²) in [5, 5.41) is 19.0. The molecule has 0 saturated heterocycles. The van der Waals surface area contributed by atoms with Crippen molar-refractivity contribution in [3.8, 4) is 5.75 Å². The van der Waals surface area contributed by atoms with Crippen molar-refractivity contribution >= 4 is 40.6 Å². The fraction of sp³-hybridized carbons (Fsp3) is 0.143. The Balaban J connectivity index is 1.64. The van der Waals surface area contributed by atoms with Gasteiger partial charge in [0.05, 0.1) is 35.3 Å². The van der Waals surface area contributed by atoms with Gasteiger partial charge in [-0.3, -0.25) is 29.5 Å². The second kappa shape index (κ2) is 8.78. The number of methoxy groups -OCH3 is 1. The SMILES string of the molecule is COc1cc([N+](=O)[O-])ccc1NC(=O)[C@H]1CC(=O)Nc2nc(Nc3ccccc3)[nH]c(=O)c21. The number of para-hydroxylation sites is 1. The number of non-ortho nitro benzene ring substituents is 1. The molecule has 1 aliphatic heterocycles. The molecule has 2 amide bonds. The number of H-pyrrole nitrogens is 1. The van der Waals surface area contributed by atoms with Gasteiger partial charge in [0, 0.05) is 18.2 Å². The van der Waals surface area contributed by atoms with E-state index in [0.717, 1.165) is 6.07 Å². The third-order valence-electron chi connectivity index (χ3n) is 4.96. The van der Waals surface area contributed by atoms with Crippen molar-refractivity contribution in [2.75, 3.05) is 23.1 Å². The average Bonchev–Trinajstić information content (AvgIpc) is 2.79. The van der Waals surface area contributed by atoms with E-state index in [1.165, 1.54) is 19.2 Å². The zero-order chi connectivity index (χ0) is 23.5. The standard InChI is InChI=1S/C21H18N6O6/c1-33-15-9-12(27(31)32)7-8-14(15)23-19(29)13-10-16(28)24-18-17(13)20(30)26-21(25-18)22-11-5-3-2-4-6-11/h2-9,13H,10H2,1H3,(H,23,29)(H3,22,24,25,26,28,30)/t13-/m0/s1. The van der Waals surface area contributed by atoms with Crippen LogP contribution in [0.5, 0.6) is 5.75 Å². The van der Waals surface area contributed by atoms with Crippen molar-refractivity contribution in [1.29, 1.82) is 0 Å². The number of aromatic nitrogens is 2. The van der Waals surface area contributed by atoms with E-state index < -0.39 is 28.2 Å². The predicted molar refractivity (Wildman–Crippen MR) is 119 cm³/mol. The van der Waals surface area contributed by atoms with Gasteiger partial charge in [0.1, 0.15) is 11.6 Å². The minimum atomic E-state index is -1.13. The highest BCUT2D eigenvalue weighted by Crippen LogP contribution is 2.33. The summed E-state index contributed by atoms with van der Waals surface area (Å²) < 4.78 is 5.12. The minimum Gasteiger partial charge on any atom is -0.494 e. The normalized spacial score (nSPS) is 14.6. The van der Waals surface area contributed by atoms with Gasteiger partial charge in [0.15, 0.2) is 0 Å². The molecule has 0 aliphatic carbocycles. The summed E-state index contributed by atoms with van der Waals surface area (Å²) in [5.74, 6) is -2.13. The number of nitro benzene ring substituents is 1. The number of carbonyl (C=O) groups is 2. The summed E-state index contributed by atoms with van der Waals surface area (Å²) in [4.78, 5) is 55.3. The van der Waals surface area contributed by atoms with E-state index >= 15 is 0 Å². The van der Waals surface area contributed by atoms with Gasteiger partial charge in [-0.15, -0.1) is 0 Å². The van der Waals surface area contributed by atoms with Crippen LogP contribution in [0.3, 0.4) is 0 Å². The Kier molecular flexibility index (Phi) is 5.72. The summed E-state index contributed by atoms with van der Waals surface area (Å²) in [6.07, 6.45) is -0.273. The number of nitro groups is 1. The number of hydrogen-bond donors (Lipinski definition) is 4. The third kappa shape index (κ3) is 4.49. The lowest BCUT2D eigenvalue weighted by molar-refractivity contribution is -0.384. The van der Waals surface area contributed by atoms with Crippen LogP contribution in [0, 0.1) is 10.1 Å². The maximum atomic E-state index is 13.0. The zero-order valence-electron chi connectivity index (χ0n) is 17.2. The molecule has 0 unspecified atom stereocenters. The molecule has 1 aliphatic rings. The van der Waals surface area contributed by atoms with E-state index in [9.17, 15) is 24.5 Å². The number of aromatic amines is 1. The van der Waals surface area contributed by atoms with E-state index in [0.29, 0.717) is 5.69 Å². The summed E-state index contributed by atoms with van der Waals surface area (Å²) in [7, 11) is 1.30. The maximum absolute atomic E-state index is 13.0. The number of amides is 2. The van der Waals surface area contributed by atoms with Crippen LogP contribution in [-0.4, -0.2) is 33.8 Å². The van der Waals surface area contributed by atoms with Gasteiger partial charge in [-0.2, -0.15) is 4.98 Å². The fourth-order valence-electron chi connectivity index (χ4n) is 3.43. The molecule has 0 saturated carbocycles. The first kappa shape index (κ1) is 21.5. The Morgan fingerprint density at radius 3 is 2.67 bits per heavy atom. The Bertz CT molecular complexity index is 1310. The van der Waals surface area contributed by atoms with Gasteiger partial charge in [-0.05, 0) is 18.2 Å². The molecule has 12 nitrogen and oxygen atoms in total. The highest BCUT2D eigenvalue weighted by Gasteiger charge is 2.35. The van der Waals surface area contributed by atoms with E-state index in [1.54, 1.807) is 24.3 Å². The molecule has 168 valence electrons. The molecule has 2 heterocycles. The molecule has 2 aromatic carbocycles. The van der Waals surface area contributed by atoms with Gasteiger partial charge < -0.3 is 20.7 Å². The van der Waals surface area contributed by atoms with Crippen LogP contribution in [0.1, 0.15) is 17.9 Å². The van der Waals surface area contributed by atoms with Crippen LogP contribution in [0.25, 0.3) is 0 Å². The van der Waals surface area contributed by atoms with Gasteiger partial charge >= 0.3 is 0 Å². The number of fused-ring (bicyclic) bond motifs is 1. The van der Waals surface area contributed by atoms with Gasteiger partial charge in [0.2, 0.25) is 17.8 Å². The second-order valence-electron chi connectivity index (χ2n) is 7.10. The molecule has 12 heteroatoms. The quantitative estimate of drug-likeness (QED) is 0.328. The van der Waals surface area contributed by atoms with Gasteiger partial charge in [-0.1, -0.05) is 18.2 Å². The Labute approximate surface area is 186 Å². The molecule has 3 aromatic rings. The molecule has 1 atom stereocenters. The number of hydrogen-bond acceptors (Lipinski definition) is 8. The van der Waals surface area contributed by atoms with E-state index in [4.69, 9.17) is 4.74 Å². The van der Waals surface area contributed by atoms with Gasteiger partial charge in [-0.25, -0.2) is 0 Å². The number of carbonyl (C=O) groups excluding carboxylic acids is 2. The average molecular weight is 450 g/mol. The van der Waals surface area contributed by atoms with Crippen molar-refractivity contribution in [3.05, 3.63) is 74.6 Å². The second-order valence-corrected chi connectivity index (χ2v) is 7.10. The lowest BCUT2D eigenvalue weighted by Crippen LogP contribution is -2.36. The molecule has 4 N–H and O–H groups in total. The minimum absolute atomic E-state index is 0.00610. The Morgan fingerprint density at radius 2 is 1.97 bits per heavy atom. The highest BCUT2D eigenvalue weighted by atomic mass is 16.6. The molecular formula is C21H18N6O6. The number of anilines is 4. The Morgan fingerprint density at radius 1 is 1.21 bits per heavy atom. The molecular weight excluding hydrogens is 432 g/mol. The number of benzene rings is 2. The topological polar surface area (TPSA) is 168 Å². The van der Waals surface area contributed by atoms with Crippen LogP contribution in [-0.2, 0) is 9.59 Å². The summed E-state index contributed by atoms with van der Waals surface area (Å²) in [6, 6.07) is 12.6. The smallest absolute Gasteiger partial charge is 0.273 e. The van der Waals surface area contributed by atoms with Gasteiger partial charge in [0.25, 0.3) is 11.2 Å². The first-order valence-corrected chi connectivity index (χ1v) is 9.75. The maximum Gasteiger partial charge on any atom is 0.273 e. The molecule has 1 aromatic heterocycles. The fourth-order valence-corrected chi connectivity index (χ4v) is 3.43. The first-order valence-electron chi connectivity index (χ1n) is 9.75. The zero-order valence-corrected chi connectivity index (χ0v) is 17.2. The predicted octanol–water partition coefficient (Wildman–Crippen LogP) is 2.49. The summed E-state index contributed by atoms with van der Waals surface area (Å²) in [5.41, 5.74) is 0.0295. The van der Waals surface area contributed by atoms with Crippen molar-refractivity contribution in [3.63, 3.8) is 0 Å². The molecule has 4 rings (SSSR count). The van der Waals surface area contributed by atoms with Crippen LogP contribution >= 0.6 is 0 Å². The largest absolute Gasteiger partial charge is 0.494 e. The third-order valence-corrected chi connectivity index (χ3v) is 4.96. The van der Waals surface area contributed by atoms with Crippen molar-refractivity contribution in [2.45, 2.75) is 12.3 Å². The van der Waals surface area contributed by atoms with Crippen LogP contribution in [0.2, 0.25) is 0 Å². The monoisotopic (exact) mass is 450 g/mol. The van der Waals surface area contributed by atoms with Crippen LogP contribution in [0.15, 0.2) is 53.3 Å². The van der Waals surface area contributed by atoms with Crippen LogP contribution < -0.4 is 26.2 Å². The van der Waals surface area contributed by atoms with Crippen molar-refractivity contribution in [2.24, 2.45) is 0 Å². The van der Waals surface area contributed by atoms with Crippen molar-refractivity contribution < 1.29 is 19.2 Å². The molecule has 0 spiro atoms. The van der Waals surface area contributed by atoms with Crippen molar-refractivity contribution in [1.82, 2.24) is 9.97 Å². The lowest BCUT2D eigenvalue weighted by Gasteiger charge is -2.24. The van der Waals surface area contributed by atoms with Crippen LogP contribution in [0.4, 0.5) is 28.8 Å². The number of nitrogens with zero attached hydrogens (tertiary/aromatic N) is 2. The molecule has 0 radical (unpaired) electrons. The number of ether oxygens (including phenoxy) is 1. The molecule has 0 fully saturated rings.